The molecule has 11 heteroatoms. The molecule has 0 saturated carbocycles. The fraction of sp³-hybridized carbons (Fsp3) is 0.310. The molecule has 0 aliphatic carbocycles. The molecule has 1 atom stereocenters. The second kappa shape index (κ2) is 10.8. The number of methoxy groups -OCH3 is 2. The number of nitrogens with one attached hydrogen (secondary N) is 1. The van der Waals surface area contributed by atoms with Crippen molar-refractivity contribution in [2.24, 2.45) is 0 Å². The van der Waals surface area contributed by atoms with Crippen molar-refractivity contribution in [3.05, 3.63) is 66.2 Å². The number of aromatic nitrogens is 3. The molecule has 5 rings (SSSR count). The summed E-state index contributed by atoms with van der Waals surface area (Å²) in [6, 6.07) is 16.5. The largest absolute Gasteiger partial charge is 0.497 e. The van der Waals surface area contributed by atoms with Crippen molar-refractivity contribution in [3.63, 3.8) is 0 Å². The first-order chi connectivity index (χ1) is 19.2. The van der Waals surface area contributed by atoms with Crippen LogP contribution in [-0.2, 0) is 16.1 Å². The van der Waals surface area contributed by atoms with Crippen molar-refractivity contribution >= 4 is 28.5 Å². The predicted octanol–water partition coefficient (Wildman–Crippen LogP) is 3.87. The second-order valence-corrected chi connectivity index (χ2v) is 10.3. The zero-order valence-electron chi connectivity index (χ0n) is 23.0. The molecule has 0 unspecified atom stereocenters. The van der Waals surface area contributed by atoms with Crippen molar-refractivity contribution in [1.29, 1.82) is 0 Å². The van der Waals surface area contributed by atoms with Crippen LogP contribution >= 0.6 is 0 Å². The highest BCUT2D eigenvalue weighted by Gasteiger charge is 2.36. The van der Waals surface area contributed by atoms with E-state index in [9.17, 15) is 9.59 Å². The minimum Gasteiger partial charge on any atom is -0.497 e. The number of anilines is 1. The summed E-state index contributed by atoms with van der Waals surface area (Å²) >= 11 is 0. The maximum Gasteiger partial charge on any atom is 0.249 e. The summed E-state index contributed by atoms with van der Waals surface area (Å²) in [4.78, 5) is 29.8. The molecule has 4 aromatic rings. The molecule has 208 valence electrons. The highest BCUT2D eigenvalue weighted by atomic mass is 16.7. The van der Waals surface area contributed by atoms with Gasteiger partial charge in [0.05, 0.1) is 19.7 Å². The van der Waals surface area contributed by atoms with Crippen LogP contribution in [0.5, 0.6) is 23.0 Å². The summed E-state index contributed by atoms with van der Waals surface area (Å²) in [6.45, 7) is 5.53. The first kappa shape index (κ1) is 26.8. The molecule has 0 bridgehead atoms. The lowest BCUT2D eigenvalue weighted by Gasteiger charge is -2.34. The number of benzene rings is 3. The van der Waals surface area contributed by atoms with Crippen LogP contribution in [0.25, 0.3) is 11.0 Å². The van der Waals surface area contributed by atoms with E-state index in [1.165, 1.54) is 23.8 Å². The normalized spacial score (nSPS) is 13.1. The summed E-state index contributed by atoms with van der Waals surface area (Å²) in [7, 11) is 3.05. The third kappa shape index (κ3) is 5.49. The lowest BCUT2D eigenvalue weighted by molar-refractivity contribution is -0.128. The number of ether oxygens (including phenoxy) is 4. The minimum atomic E-state index is -1.11. The van der Waals surface area contributed by atoms with E-state index in [1.54, 1.807) is 36.4 Å². The van der Waals surface area contributed by atoms with Crippen LogP contribution in [0.1, 0.15) is 32.4 Å². The maximum absolute atomic E-state index is 14.3. The van der Waals surface area contributed by atoms with Crippen LogP contribution in [0.3, 0.4) is 0 Å². The van der Waals surface area contributed by atoms with E-state index >= 15 is 0 Å². The Labute approximate surface area is 231 Å². The van der Waals surface area contributed by atoms with Gasteiger partial charge in [0.2, 0.25) is 18.6 Å². The first-order valence-corrected chi connectivity index (χ1v) is 12.7. The Morgan fingerprint density at radius 2 is 1.70 bits per heavy atom. The fourth-order valence-electron chi connectivity index (χ4n) is 4.55. The second-order valence-electron chi connectivity index (χ2n) is 10.3. The van der Waals surface area contributed by atoms with Crippen molar-refractivity contribution in [2.75, 3.05) is 25.9 Å². The molecule has 0 fully saturated rings. The predicted molar refractivity (Wildman–Crippen MR) is 148 cm³/mol. The van der Waals surface area contributed by atoms with Gasteiger partial charge >= 0.3 is 0 Å². The van der Waals surface area contributed by atoms with Gasteiger partial charge < -0.3 is 24.3 Å². The Bertz CT molecular complexity index is 1540. The van der Waals surface area contributed by atoms with Gasteiger partial charge in [0.1, 0.15) is 29.6 Å². The van der Waals surface area contributed by atoms with Crippen LogP contribution in [-0.4, -0.2) is 53.4 Å². The first-order valence-electron chi connectivity index (χ1n) is 12.7. The SMILES string of the molecule is COc1cc(OC)cc([C@@H](C(=O)NC(C)(C)C)N(C(=O)Cn2nnc3ccccc32)c2ccc3c(c2)OCO3)c1. The Kier molecular flexibility index (Phi) is 7.20. The van der Waals surface area contributed by atoms with E-state index in [1.807, 2.05) is 45.0 Å². The van der Waals surface area contributed by atoms with E-state index in [4.69, 9.17) is 18.9 Å². The monoisotopic (exact) mass is 545 g/mol. The molecule has 0 spiro atoms. The van der Waals surface area contributed by atoms with Crippen LogP contribution in [0.15, 0.2) is 60.7 Å². The molecule has 40 heavy (non-hydrogen) atoms. The number of rotatable bonds is 8. The molecular formula is C29H31N5O6. The van der Waals surface area contributed by atoms with Gasteiger partial charge in [-0.25, -0.2) is 4.68 Å². The third-order valence-electron chi connectivity index (χ3n) is 6.30. The summed E-state index contributed by atoms with van der Waals surface area (Å²) in [6.07, 6.45) is 0. The van der Waals surface area contributed by atoms with Crippen molar-refractivity contribution in [1.82, 2.24) is 20.3 Å². The van der Waals surface area contributed by atoms with Gasteiger partial charge in [0.15, 0.2) is 11.5 Å². The number of nitrogens with zero attached hydrogens (tertiary/aromatic N) is 4. The average molecular weight is 546 g/mol. The number of hydrogen-bond donors (Lipinski definition) is 1. The van der Waals surface area contributed by atoms with E-state index in [0.717, 1.165) is 0 Å². The van der Waals surface area contributed by atoms with Gasteiger partial charge in [0, 0.05) is 23.4 Å². The molecule has 3 aromatic carbocycles. The molecule has 11 nitrogen and oxygen atoms in total. The Balaban J connectivity index is 1.66. The smallest absolute Gasteiger partial charge is 0.249 e. The molecule has 2 amide bonds. The number of fused-ring (bicyclic) bond motifs is 2. The van der Waals surface area contributed by atoms with Gasteiger partial charge in [-0.1, -0.05) is 17.3 Å². The Morgan fingerprint density at radius 3 is 2.40 bits per heavy atom. The van der Waals surface area contributed by atoms with Crippen molar-refractivity contribution < 1.29 is 28.5 Å². The Morgan fingerprint density at radius 1 is 1.00 bits per heavy atom. The van der Waals surface area contributed by atoms with E-state index < -0.39 is 23.4 Å². The average Bonchev–Trinajstić information content (AvgIpc) is 3.56. The topological polar surface area (TPSA) is 117 Å². The molecule has 0 radical (unpaired) electrons. The molecule has 0 saturated heterocycles. The molecule has 1 N–H and O–H groups in total. The standard InChI is InChI=1S/C29H31N5O6/c1-29(2,3)30-28(36)27(18-12-20(37-4)15-21(13-18)38-5)34(19-10-11-24-25(14-19)40-17-39-24)26(35)16-33-23-9-7-6-8-22(23)31-32-33/h6-15,27H,16-17H2,1-5H3,(H,30,36)/t27-/m0/s1. The molecule has 1 aliphatic rings. The summed E-state index contributed by atoms with van der Waals surface area (Å²) in [5, 5.41) is 11.4. The molecule has 2 heterocycles. The number of amides is 2. The molecular weight excluding hydrogens is 514 g/mol. The third-order valence-corrected chi connectivity index (χ3v) is 6.30. The summed E-state index contributed by atoms with van der Waals surface area (Å²) in [5.41, 5.74) is 1.70. The summed E-state index contributed by atoms with van der Waals surface area (Å²) < 4.78 is 23.6. The van der Waals surface area contributed by atoms with Gasteiger partial charge in [0.25, 0.3) is 0 Å². The van der Waals surface area contributed by atoms with Crippen LogP contribution in [0.4, 0.5) is 5.69 Å². The highest BCUT2D eigenvalue weighted by Crippen LogP contribution is 2.39. The molecule has 1 aromatic heterocycles. The van der Waals surface area contributed by atoms with Crippen LogP contribution in [0.2, 0.25) is 0 Å². The van der Waals surface area contributed by atoms with Crippen LogP contribution in [0, 0.1) is 0 Å². The van der Waals surface area contributed by atoms with E-state index in [0.29, 0.717) is 45.3 Å². The van der Waals surface area contributed by atoms with Crippen molar-refractivity contribution in [2.45, 2.75) is 38.9 Å². The van der Waals surface area contributed by atoms with Gasteiger partial charge in [-0.05, 0) is 62.7 Å². The lowest BCUT2D eigenvalue weighted by atomic mass is 10.00. The zero-order chi connectivity index (χ0) is 28.4. The van der Waals surface area contributed by atoms with Gasteiger partial charge in [-0.3, -0.25) is 14.5 Å². The zero-order valence-corrected chi connectivity index (χ0v) is 23.0. The maximum atomic E-state index is 14.3. The number of carbonyl (C=O) groups is 2. The Hall–Kier alpha value is -4.80. The number of carbonyl (C=O) groups excluding carboxylic acids is 2. The minimum absolute atomic E-state index is 0.0682. The van der Waals surface area contributed by atoms with E-state index in [2.05, 4.69) is 15.6 Å². The van der Waals surface area contributed by atoms with Crippen LogP contribution < -0.4 is 29.2 Å². The number of hydrogen-bond acceptors (Lipinski definition) is 8. The summed E-state index contributed by atoms with van der Waals surface area (Å²) in [5.74, 6) is 1.19. The highest BCUT2D eigenvalue weighted by molar-refractivity contribution is 6.02. The van der Waals surface area contributed by atoms with Gasteiger partial charge in [-0.2, -0.15) is 0 Å². The van der Waals surface area contributed by atoms with Crippen molar-refractivity contribution in [3.8, 4) is 23.0 Å². The quantitative estimate of drug-likeness (QED) is 0.355. The number of para-hydroxylation sites is 1. The lowest BCUT2D eigenvalue weighted by Crippen LogP contribution is -2.50. The molecule has 1 aliphatic heterocycles. The van der Waals surface area contributed by atoms with E-state index in [-0.39, 0.29) is 13.3 Å². The fourth-order valence-corrected chi connectivity index (χ4v) is 4.55. The van der Waals surface area contributed by atoms with Gasteiger partial charge in [-0.15, -0.1) is 5.10 Å².